The van der Waals surface area contributed by atoms with E-state index in [1.165, 1.54) is 0 Å². The molecule has 0 saturated heterocycles. The van der Waals surface area contributed by atoms with Gasteiger partial charge in [-0.2, -0.15) is 0 Å². The first-order valence-corrected chi connectivity index (χ1v) is 12.5. The van der Waals surface area contributed by atoms with Crippen LogP contribution in [0.5, 0.6) is 11.5 Å². The number of hydrogen-bond donors (Lipinski definition) is 0. The van der Waals surface area contributed by atoms with Crippen LogP contribution in [0, 0.1) is 0 Å². The van der Waals surface area contributed by atoms with E-state index in [2.05, 4.69) is 36.4 Å². The third kappa shape index (κ3) is 5.94. The van der Waals surface area contributed by atoms with Gasteiger partial charge in [0.1, 0.15) is 24.7 Å². The van der Waals surface area contributed by atoms with Gasteiger partial charge in [-0.1, -0.05) is 60.7 Å². The zero-order chi connectivity index (χ0) is 23.6. The topological polar surface area (TPSA) is 36.9 Å². The maximum absolute atomic E-state index is 6.24. The lowest BCUT2D eigenvalue weighted by Gasteiger charge is -2.20. The minimum Gasteiger partial charge on any atom is -0.491 e. The van der Waals surface area contributed by atoms with Gasteiger partial charge in [0.2, 0.25) is 0 Å². The van der Waals surface area contributed by atoms with E-state index < -0.39 is 0 Å². The third-order valence-corrected chi connectivity index (χ3v) is 5.75. The van der Waals surface area contributed by atoms with Crippen molar-refractivity contribution in [3.8, 4) is 22.6 Å². The average molecular weight is 499 g/mol. The SMILES string of the molecule is ClCCOCCOc1ccc2ccccc2c1-c1c(OCCOCCCl)ccc2ccccc12. The summed E-state index contributed by atoms with van der Waals surface area (Å²) in [6, 6.07) is 24.9. The lowest BCUT2D eigenvalue weighted by molar-refractivity contribution is 0.111. The van der Waals surface area contributed by atoms with E-state index in [4.69, 9.17) is 42.1 Å². The van der Waals surface area contributed by atoms with Gasteiger partial charge in [-0.25, -0.2) is 0 Å². The summed E-state index contributed by atoms with van der Waals surface area (Å²) in [6.45, 7) is 2.79. The van der Waals surface area contributed by atoms with Crippen molar-refractivity contribution in [2.24, 2.45) is 0 Å². The van der Waals surface area contributed by atoms with Gasteiger partial charge >= 0.3 is 0 Å². The highest BCUT2D eigenvalue weighted by atomic mass is 35.5. The molecular formula is C28H28Cl2O4. The molecule has 0 aromatic heterocycles. The van der Waals surface area contributed by atoms with Crippen molar-refractivity contribution in [1.82, 2.24) is 0 Å². The molecule has 0 amide bonds. The van der Waals surface area contributed by atoms with Crippen LogP contribution in [0.25, 0.3) is 32.7 Å². The second kappa shape index (κ2) is 12.8. The molecule has 0 bridgehead atoms. The fourth-order valence-corrected chi connectivity index (χ4v) is 4.21. The van der Waals surface area contributed by atoms with E-state index in [1.807, 2.05) is 36.4 Å². The molecule has 4 aromatic carbocycles. The molecule has 0 aliphatic heterocycles. The second-order valence-electron chi connectivity index (χ2n) is 7.62. The minimum absolute atomic E-state index is 0.426. The Labute approximate surface area is 210 Å². The Hall–Kier alpha value is -2.50. The molecule has 6 heteroatoms. The fourth-order valence-electron chi connectivity index (χ4n) is 3.99. The Morgan fingerprint density at radius 3 is 1.35 bits per heavy atom. The van der Waals surface area contributed by atoms with Crippen molar-refractivity contribution in [3.63, 3.8) is 0 Å². The van der Waals surface area contributed by atoms with E-state index >= 15 is 0 Å². The highest BCUT2D eigenvalue weighted by molar-refractivity contribution is 6.18. The van der Waals surface area contributed by atoms with Crippen LogP contribution >= 0.6 is 23.2 Å². The maximum Gasteiger partial charge on any atom is 0.128 e. The Morgan fingerprint density at radius 1 is 0.471 bits per heavy atom. The van der Waals surface area contributed by atoms with Crippen molar-refractivity contribution in [2.45, 2.75) is 0 Å². The van der Waals surface area contributed by atoms with Crippen LogP contribution in [0.3, 0.4) is 0 Å². The number of fused-ring (bicyclic) bond motifs is 2. The van der Waals surface area contributed by atoms with E-state index in [-0.39, 0.29) is 0 Å². The van der Waals surface area contributed by atoms with Crippen molar-refractivity contribution in [1.29, 1.82) is 0 Å². The van der Waals surface area contributed by atoms with Crippen molar-refractivity contribution in [2.75, 3.05) is 51.4 Å². The predicted octanol–water partition coefficient (Wildman–Crippen LogP) is 6.93. The molecule has 0 saturated carbocycles. The largest absolute Gasteiger partial charge is 0.491 e. The number of halogens is 2. The smallest absolute Gasteiger partial charge is 0.128 e. The summed E-state index contributed by atoms with van der Waals surface area (Å²) < 4.78 is 23.5. The van der Waals surface area contributed by atoms with Crippen molar-refractivity contribution < 1.29 is 18.9 Å². The molecule has 4 nitrogen and oxygen atoms in total. The molecule has 0 radical (unpaired) electrons. The molecule has 0 heterocycles. The van der Waals surface area contributed by atoms with Crippen LogP contribution < -0.4 is 9.47 Å². The van der Waals surface area contributed by atoms with Crippen LogP contribution in [0.15, 0.2) is 72.8 Å². The van der Waals surface area contributed by atoms with Gasteiger partial charge in [0.05, 0.1) is 26.4 Å². The summed E-state index contributed by atoms with van der Waals surface area (Å²) in [5.74, 6) is 2.50. The van der Waals surface area contributed by atoms with E-state index in [1.54, 1.807) is 0 Å². The Balaban J connectivity index is 1.79. The molecule has 4 rings (SSSR count). The molecule has 0 spiro atoms. The van der Waals surface area contributed by atoms with E-state index in [0.29, 0.717) is 51.4 Å². The van der Waals surface area contributed by atoms with Gasteiger partial charge in [0, 0.05) is 22.9 Å². The molecule has 0 aliphatic rings. The number of benzene rings is 4. The predicted molar refractivity (Wildman–Crippen MR) is 141 cm³/mol. The highest BCUT2D eigenvalue weighted by Gasteiger charge is 2.19. The summed E-state index contributed by atoms with van der Waals surface area (Å²) in [4.78, 5) is 0. The first-order chi connectivity index (χ1) is 16.8. The van der Waals surface area contributed by atoms with E-state index in [0.717, 1.165) is 44.2 Å². The number of alkyl halides is 2. The van der Waals surface area contributed by atoms with Crippen LogP contribution in [-0.2, 0) is 9.47 Å². The lowest BCUT2D eigenvalue weighted by atomic mass is 9.92. The number of rotatable bonds is 13. The van der Waals surface area contributed by atoms with Crippen molar-refractivity contribution >= 4 is 44.7 Å². The Kier molecular flexibility index (Phi) is 9.28. The third-order valence-electron chi connectivity index (χ3n) is 5.45. The normalized spacial score (nSPS) is 11.2. The molecule has 0 fully saturated rings. The Bertz CT molecular complexity index is 1120. The summed E-state index contributed by atoms with van der Waals surface area (Å²) in [5.41, 5.74) is 2.01. The first kappa shape index (κ1) is 24.6. The minimum atomic E-state index is 0.426. The zero-order valence-corrected chi connectivity index (χ0v) is 20.5. The van der Waals surface area contributed by atoms with Crippen LogP contribution in [0.1, 0.15) is 0 Å². The van der Waals surface area contributed by atoms with Gasteiger partial charge in [-0.15, -0.1) is 23.2 Å². The summed E-state index contributed by atoms with van der Waals surface area (Å²) in [5, 5.41) is 4.46. The molecule has 178 valence electrons. The summed E-state index contributed by atoms with van der Waals surface area (Å²) in [7, 11) is 0. The standard InChI is InChI=1S/C28H28Cl2O4/c29-13-15-31-17-19-33-25-11-9-21-5-1-3-7-23(21)27(25)28-24-8-4-2-6-22(24)10-12-26(28)34-20-18-32-16-14-30/h1-12H,13-20H2. The van der Waals surface area contributed by atoms with Crippen LogP contribution in [-0.4, -0.2) is 51.4 Å². The van der Waals surface area contributed by atoms with Crippen molar-refractivity contribution in [3.05, 3.63) is 72.8 Å². The molecule has 34 heavy (non-hydrogen) atoms. The quantitative estimate of drug-likeness (QED) is 0.148. The maximum atomic E-state index is 6.24. The number of hydrogen-bond acceptors (Lipinski definition) is 4. The molecule has 0 unspecified atom stereocenters. The monoisotopic (exact) mass is 498 g/mol. The van der Waals surface area contributed by atoms with Gasteiger partial charge < -0.3 is 18.9 Å². The van der Waals surface area contributed by atoms with Gasteiger partial charge in [-0.05, 0) is 33.7 Å². The fraction of sp³-hybridized carbons (Fsp3) is 0.286. The molecular weight excluding hydrogens is 471 g/mol. The summed E-state index contributed by atoms with van der Waals surface area (Å²) in [6.07, 6.45) is 0. The summed E-state index contributed by atoms with van der Waals surface area (Å²) >= 11 is 11.4. The van der Waals surface area contributed by atoms with Crippen LogP contribution in [0.4, 0.5) is 0 Å². The Morgan fingerprint density at radius 2 is 0.912 bits per heavy atom. The molecule has 4 aromatic rings. The van der Waals surface area contributed by atoms with E-state index in [9.17, 15) is 0 Å². The molecule has 0 atom stereocenters. The zero-order valence-electron chi connectivity index (χ0n) is 19.0. The number of ether oxygens (including phenoxy) is 4. The van der Waals surface area contributed by atoms with Crippen LogP contribution in [0.2, 0.25) is 0 Å². The highest BCUT2D eigenvalue weighted by Crippen LogP contribution is 2.45. The first-order valence-electron chi connectivity index (χ1n) is 11.4. The van der Waals surface area contributed by atoms with Gasteiger partial charge in [-0.3, -0.25) is 0 Å². The molecule has 0 N–H and O–H groups in total. The van der Waals surface area contributed by atoms with Gasteiger partial charge in [0.15, 0.2) is 0 Å². The average Bonchev–Trinajstić information content (AvgIpc) is 2.88. The van der Waals surface area contributed by atoms with Gasteiger partial charge in [0.25, 0.3) is 0 Å². The second-order valence-corrected chi connectivity index (χ2v) is 8.38. The molecule has 0 aliphatic carbocycles. The lowest BCUT2D eigenvalue weighted by Crippen LogP contribution is -2.10.